The lowest BCUT2D eigenvalue weighted by Gasteiger charge is -2.23. The third kappa shape index (κ3) is 4.33. The number of ether oxygens (including phenoxy) is 2. The molecule has 1 saturated heterocycles. The zero-order valence-electron chi connectivity index (χ0n) is 16.4. The summed E-state index contributed by atoms with van der Waals surface area (Å²) < 4.78 is 10.7. The van der Waals surface area contributed by atoms with E-state index in [4.69, 9.17) is 14.3 Å². The smallest absolute Gasteiger partial charge is 0.357 e. The van der Waals surface area contributed by atoms with Crippen LogP contribution in [0.5, 0.6) is 11.5 Å². The number of nitrogens with zero attached hydrogens (tertiary/aromatic N) is 2. The Morgan fingerprint density at radius 3 is 2.64 bits per heavy atom. The fourth-order valence-electron chi connectivity index (χ4n) is 3.04. The van der Waals surface area contributed by atoms with Gasteiger partial charge >= 0.3 is 11.9 Å². The average molecular weight is 388 g/mol. The molecule has 1 aliphatic rings. The first-order chi connectivity index (χ1) is 13.2. The van der Waals surface area contributed by atoms with Crippen LogP contribution in [-0.4, -0.2) is 52.4 Å². The zero-order chi connectivity index (χ0) is 20.5. The van der Waals surface area contributed by atoms with Crippen LogP contribution in [0.3, 0.4) is 0 Å². The van der Waals surface area contributed by atoms with Crippen LogP contribution in [0.1, 0.15) is 44.1 Å². The van der Waals surface area contributed by atoms with Crippen molar-refractivity contribution in [1.82, 2.24) is 10.0 Å². The Bertz CT molecular complexity index is 905. The number of carboxylic acids is 1. The minimum Gasteiger partial charge on any atom is -0.497 e. The zero-order valence-corrected chi connectivity index (χ0v) is 16.4. The molecule has 1 aromatic carbocycles. The highest BCUT2D eigenvalue weighted by molar-refractivity contribution is 5.94. The second-order valence-electron chi connectivity index (χ2n) is 7.62. The molecule has 0 radical (unpaired) electrons. The number of rotatable bonds is 5. The molecule has 150 valence electrons. The van der Waals surface area contributed by atoms with Gasteiger partial charge in [-0.05, 0) is 45.7 Å². The van der Waals surface area contributed by atoms with Gasteiger partial charge in [0.25, 0.3) is 0 Å². The van der Waals surface area contributed by atoms with Crippen LogP contribution in [0, 0.1) is 0 Å². The van der Waals surface area contributed by atoms with E-state index in [1.807, 2.05) is 0 Å². The molecule has 0 saturated carbocycles. The molecule has 2 aromatic rings. The molecular formula is C20H24N2O6. The fraction of sp³-hybridized carbons (Fsp3) is 0.450. The molecular weight excluding hydrogens is 364 g/mol. The van der Waals surface area contributed by atoms with E-state index in [-0.39, 0.29) is 5.69 Å². The van der Waals surface area contributed by atoms with Gasteiger partial charge in [0, 0.05) is 24.1 Å². The summed E-state index contributed by atoms with van der Waals surface area (Å²) in [7, 11) is 1.54. The van der Waals surface area contributed by atoms with Gasteiger partial charge in [-0.3, -0.25) is 4.79 Å². The lowest BCUT2D eigenvalue weighted by molar-refractivity contribution is -0.154. The molecule has 28 heavy (non-hydrogen) atoms. The Morgan fingerprint density at radius 1 is 1.25 bits per heavy atom. The van der Waals surface area contributed by atoms with Crippen molar-refractivity contribution in [3.05, 3.63) is 30.0 Å². The molecule has 1 unspecified atom stereocenters. The van der Waals surface area contributed by atoms with E-state index in [2.05, 4.69) is 4.98 Å². The highest BCUT2D eigenvalue weighted by atomic mass is 16.7. The predicted molar refractivity (Wildman–Crippen MR) is 101 cm³/mol. The van der Waals surface area contributed by atoms with Crippen LogP contribution in [0.25, 0.3) is 10.9 Å². The maximum atomic E-state index is 12.5. The van der Waals surface area contributed by atoms with Crippen LogP contribution in [0.4, 0.5) is 0 Å². The number of fused-ring (bicyclic) bond motifs is 1. The van der Waals surface area contributed by atoms with Crippen molar-refractivity contribution in [2.75, 3.05) is 13.7 Å². The summed E-state index contributed by atoms with van der Waals surface area (Å²) >= 11 is 0. The van der Waals surface area contributed by atoms with Crippen molar-refractivity contribution in [3.63, 3.8) is 0 Å². The van der Waals surface area contributed by atoms with Crippen molar-refractivity contribution in [1.29, 1.82) is 0 Å². The van der Waals surface area contributed by atoms with Gasteiger partial charge < -0.3 is 19.4 Å². The minimum absolute atomic E-state index is 0.0803. The van der Waals surface area contributed by atoms with Crippen molar-refractivity contribution in [2.45, 2.75) is 45.3 Å². The molecule has 1 aromatic heterocycles. The van der Waals surface area contributed by atoms with Gasteiger partial charge in [-0.25, -0.2) is 9.78 Å². The number of pyridine rings is 1. The number of hydrogen-bond donors (Lipinski definition) is 1. The average Bonchev–Trinajstić information content (AvgIpc) is 3.08. The Morgan fingerprint density at radius 2 is 2.00 bits per heavy atom. The molecule has 8 heteroatoms. The van der Waals surface area contributed by atoms with E-state index >= 15 is 0 Å². The van der Waals surface area contributed by atoms with Crippen molar-refractivity contribution in [2.24, 2.45) is 0 Å². The lowest BCUT2D eigenvalue weighted by Crippen LogP contribution is -2.38. The molecule has 1 atom stereocenters. The van der Waals surface area contributed by atoms with E-state index in [9.17, 15) is 14.7 Å². The van der Waals surface area contributed by atoms with E-state index in [0.29, 0.717) is 41.8 Å². The van der Waals surface area contributed by atoms with Crippen LogP contribution >= 0.6 is 0 Å². The Balaban J connectivity index is 2.03. The molecule has 3 rings (SSSR count). The van der Waals surface area contributed by atoms with Gasteiger partial charge in [0.2, 0.25) is 0 Å². The number of methoxy groups -OCH3 is 1. The summed E-state index contributed by atoms with van der Waals surface area (Å²) in [5.41, 5.74) is -0.104. The Hall–Kier alpha value is -2.87. The number of hydroxylamine groups is 2. The monoisotopic (exact) mass is 388 g/mol. The second-order valence-corrected chi connectivity index (χ2v) is 7.62. The molecule has 0 amide bonds. The summed E-state index contributed by atoms with van der Waals surface area (Å²) in [5, 5.41) is 11.5. The summed E-state index contributed by atoms with van der Waals surface area (Å²) in [4.78, 5) is 34.3. The maximum Gasteiger partial charge on any atom is 0.357 e. The van der Waals surface area contributed by atoms with Gasteiger partial charge in [-0.15, -0.1) is 5.06 Å². The first-order valence-corrected chi connectivity index (χ1v) is 9.07. The predicted octanol–water partition coefficient (Wildman–Crippen LogP) is 3.04. The van der Waals surface area contributed by atoms with E-state index in [1.54, 1.807) is 39.0 Å². The second kappa shape index (κ2) is 7.63. The van der Waals surface area contributed by atoms with Crippen molar-refractivity contribution < 1.29 is 29.0 Å². The summed E-state index contributed by atoms with van der Waals surface area (Å²) in [6.07, 6.45) is 1.22. The Kier molecular flexibility index (Phi) is 5.42. The number of aromatic nitrogens is 1. The highest BCUT2D eigenvalue weighted by Crippen LogP contribution is 2.31. The number of aliphatic carboxylic acids is 1. The maximum absolute atomic E-state index is 12.5. The van der Waals surface area contributed by atoms with Crippen LogP contribution < -0.4 is 9.57 Å². The molecule has 0 spiro atoms. The third-order valence-corrected chi connectivity index (χ3v) is 4.29. The first-order valence-electron chi connectivity index (χ1n) is 9.07. The molecule has 0 bridgehead atoms. The van der Waals surface area contributed by atoms with E-state index in [0.717, 1.165) is 0 Å². The molecule has 1 N–H and O–H groups in total. The third-order valence-electron chi connectivity index (χ3n) is 4.29. The quantitative estimate of drug-likeness (QED) is 0.781. The minimum atomic E-state index is -0.940. The molecule has 1 aliphatic heterocycles. The summed E-state index contributed by atoms with van der Waals surface area (Å²) in [5.74, 6) is -0.596. The van der Waals surface area contributed by atoms with Crippen LogP contribution in [0.15, 0.2) is 24.3 Å². The normalized spacial score (nSPS) is 17.5. The van der Waals surface area contributed by atoms with Crippen molar-refractivity contribution >= 4 is 22.8 Å². The van der Waals surface area contributed by atoms with Gasteiger partial charge in [0.15, 0.2) is 11.4 Å². The van der Waals surface area contributed by atoms with Crippen LogP contribution in [0.2, 0.25) is 0 Å². The number of carbonyl (C=O) groups is 2. The summed E-state index contributed by atoms with van der Waals surface area (Å²) in [6.45, 7) is 5.80. The van der Waals surface area contributed by atoms with E-state index in [1.165, 1.54) is 18.2 Å². The molecule has 0 aliphatic carbocycles. The van der Waals surface area contributed by atoms with Gasteiger partial charge in [0.1, 0.15) is 17.4 Å². The topological polar surface area (TPSA) is 98.2 Å². The molecule has 1 fully saturated rings. The lowest BCUT2D eigenvalue weighted by atomic mass is 10.1. The van der Waals surface area contributed by atoms with Gasteiger partial charge in [0.05, 0.1) is 12.6 Å². The highest BCUT2D eigenvalue weighted by Gasteiger charge is 2.33. The number of carboxylic acid groups (broad SMARTS) is 1. The molecule has 8 nitrogen and oxygen atoms in total. The SMILES string of the molecule is COc1ccc2c(ON3CCCC3C(=O)O)cc(C(=O)OC(C)(C)C)nc2c1. The van der Waals surface area contributed by atoms with Gasteiger partial charge in [-0.2, -0.15) is 0 Å². The summed E-state index contributed by atoms with van der Waals surface area (Å²) in [6, 6.07) is 5.96. The largest absolute Gasteiger partial charge is 0.497 e. The number of esters is 1. The molecule has 2 heterocycles. The fourth-order valence-corrected chi connectivity index (χ4v) is 3.04. The number of carbonyl (C=O) groups excluding carboxylic acids is 1. The van der Waals surface area contributed by atoms with Gasteiger partial charge in [-0.1, -0.05) is 0 Å². The standard InChI is InChI=1S/C20H24N2O6/c1-20(2,3)27-19(25)15-11-17(28-22-9-5-6-16(22)18(23)24)13-8-7-12(26-4)10-14(13)21-15/h7-8,10-11,16H,5-6,9H2,1-4H3,(H,23,24). The Labute approximate surface area is 163 Å². The van der Waals surface area contributed by atoms with E-state index < -0.39 is 23.6 Å². The number of hydrogen-bond acceptors (Lipinski definition) is 7. The number of benzene rings is 1. The van der Waals surface area contributed by atoms with Crippen LogP contribution in [-0.2, 0) is 9.53 Å². The van der Waals surface area contributed by atoms with Crippen molar-refractivity contribution in [3.8, 4) is 11.5 Å². The first kappa shape index (κ1) is 19.9.